The first-order chi connectivity index (χ1) is 10.1. The molecule has 108 valence electrons. The van der Waals surface area contributed by atoms with Gasteiger partial charge in [-0.1, -0.05) is 44.2 Å². The van der Waals surface area contributed by atoms with Crippen LogP contribution < -0.4 is 5.32 Å². The van der Waals surface area contributed by atoms with Gasteiger partial charge in [0, 0.05) is 11.1 Å². The SMILES string of the molecule is CC(C)/C=C(\F)c1ccccc1NC(=O)c1ccccc1. The normalized spacial score (nSPS) is 11.5. The third-order valence-electron chi connectivity index (χ3n) is 2.95. The molecule has 3 heteroatoms. The Kier molecular flexibility index (Phi) is 4.88. The summed E-state index contributed by atoms with van der Waals surface area (Å²) >= 11 is 0. The predicted molar refractivity (Wildman–Crippen MR) is 84.8 cm³/mol. The monoisotopic (exact) mass is 283 g/mol. The van der Waals surface area contributed by atoms with Gasteiger partial charge < -0.3 is 5.32 Å². The summed E-state index contributed by atoms with van der Waals surface area (Å²) in [6.45, 7) is 3.81. The predicted octanol–water partition coefficient (Wildman–Crippen LogP) is 4.91. The molecular weight excluding hydrogens is 265 g/mol. The number of para-hydroxylation sites is 1. The maximum atomic E-state index is 14.2. The van der Waals surface area contributed by atoms with E-state index in [4.69, 9.17) is 0 Å². The van der Waals surface area contributed by atoms with E-state index >= 15 is 0 Å². The Bertz CT molecular complexity index is 647. The first-order valence-corrected chi connectivity index (χ1v) is 6.91. The Labute approximate surface area is 124 Å². The molecule has 0 atom stereocenters. The van der Waals surface area contributed by atoms with Crippen molar-refractivity contribution in [2.75, 3.05) is 5.32 Å². The highest BCUT2D eigenvalue weighted by molar-refractivity contribution is 6.05. The summed E-state index contributed by atoms with van der Waals surface area (Å²) in [6.07, 6.45) is 1.54. The molecule has 21 heavy (non-hydrogen) atoms. The summed E-state index contributed by atoms with van der Waals surface area (Å²) in [6, 6.07) is 15.7. The van der Waals surface area contributed by atoms with Crippen molar-refractivity contribution in [2.45, 2.75) is 13.8 Å². The molecule has 0 fully saturated rings. The Balaban J connectivity index is 2.27. The topological polar surface area (TPSA) is 29.1 Å². The van der Waals surface area contributed by atoms with Crippen LogP contribution in [0.15, 0.2) is 60.7 Å². The number of rotatable bonds is 4. The minimum Gasteiger partial charge on any atom is -0.321 e. The van der Waals surface area contributed by atoms with Crippen molar-refractivity contribution in [1.82, 2.24) is 0 Å². The Morgan fingerprint density at radius 2 is 1.67 bits per heavy atom. The minimum absolute atomic E-state index is 0.0999. The number of benzene rings is 2. The second-order valence-electron chi connectivity index (χ2n) is 5.12. The lowest BCUT2D eigenvalue weighted by atomic mass is 10.1. The smallest absolute Gasteiger partial charge is 0.255 e. The number of allylic oxidation sites excluding steroid dienone is 1. The lowest BCUT2D eigenvalue weighted by Gasteiger charge is -2.10. The van der Waals surface area contributed by atoms with Gasteiger partial charge in [0.2, 0.25) is 0 Å². The molecule has 2 rings (SSSR count). The fourth-order valence-corrected chi connectivity index (χ4v) is 1.97. The van der Waals surface area contributed by atoms with Gasteiger partial charge in [0.1, 0.15) is 5.83 Å². The molecular formula is C18H18FNO. The van der Waals surface area contributed by atoms with Gasteiger partial charge in [-0.2, -0.15) is 0 Å². The highest BCUT2D eigenvalue weighted by Gasteiger charge is 2.11. The number of hydrogen-bond donors (Lipinski definition) is 1. The van der Waals surface area contributed by atoms with Crippen molar-refractivity contribution in [1.29, 1.82) is 0 Å². The van der Waals surface area contributed by atoms with Crippen LogP contribution >= 0.6 is 0 Å². The zero-order valence-electron chi connectivity index (χ0n) is 12.1. The average molecular weight is 283 g/mol. The number of halogens is 1. The lowest BCUT2D eigenvalue weighted by Crippen LogP contribution is -2.12. The molecule has 0 heterocycles. The van der Waals surface area contributed by atoms with E-state index in [1.807, 2.05) is 19.9 Å². The molecule has 0 unspecified atom stereocenters. The van der Waals surface area contributed by atoms with Crippen LogP contribution in [0.4, 0.5) is 10.1 Å². The fourth-order valence-electron chi connectivity index (χ4n) is 1.97. The maximum absolute atomic E-state index is 14.2. The van der Waals surface area contributed by atoms with Gasteiger partial charge in [-0.25, -0.2) is 4.39 Å². The standard InChI is InChI=1S/C18H18FNO/c1-13(2)12-16(19)15-10-6-7-11-17(15)20-18(21)14-8-4-3-5-9-14/h3-13H,1-2H3,(H,20,21)/b16-12-. The fraction of sp³-hybridized carbons (Fsp3) is 0.167. The van der Waals surface area contributed by atoms with Gasteiger partial charge in [0.05, 0.1) is 5.69 Å². The molecule has 2 aromatic rings. The molecule has 0 spiro atoms. The van der Waals surface area contributed by atoms with Crippen LogP contribution in [0.3, 0.4) is 0 Å². The lowest BCUT2D eigenvalue weighted by molar-refractivity contribution is 0.102. The minimum atomic E-state index is -0.325. The van der Waals surface area contributed by atoms with Crippen molar-refractivity contribution >= 4 is 17.4 Å². The number of nitrogens with one attached hydrogen (secondary N) is 1. The second kappa shape index (κ2) is 6.84. The molecule has 0 bridgehead atoms. The van der Waals surface area contributed by atoms with Crippen molar-refractivity contribution in [2.24, 2.45) is 5.92 Å². The quantitative estimate of drug-likeness (QED) is 0.849. The van der Waals surface area contributed by atoms with E-state index in [0.717, 1.165) is 0 Å². The molecule has 0 aliphatic heterocycles. The Morgan fingerprint density at radius 1 is 1.05 bits per heavy atom. The van der Waals surface area contributed by atoms with Crippen LogP contribution in [0, 0.1) is 5.92 Å². The van der Waals surface area contributed by atoms with Crippen LogP contribution in [0.5, 0.6) is 0 Å². The summed E-state index contributed by atoms with van der Waals surface area (Å²) in [5.74, 6) is -0.475. The third kappa shape index (κ3) is 4.02. The molecule has 1 N–H and O–H groups in total. The summed E-state index contributed by atoms with van der Waals surface area (Å²) < 4.78 is 14.2. The molecule has 2 aromatic carbocycles. The highest BCUT2D eigenvalue weighted by atomic mass is 19.1. The first-order valence-electron chi connectivity index (χ1n) is 6.91. The Morgan fingerprint density at radius 3 is 2.33 bits per heavy atom. The van der Waals surface area contributed by atoms with Gasteiger partial charge in [-0.15, -0.1) is 0 Å². The van der Waals surface area contributed by atoms with Crippen molar-refractivity contribution < 1.29 is 9.18 Å². The van der Waals surface area contributed by atoms with Crippen LogP contribution in [0.2, 0.25) is 0 Å². The van der Waals surface area contributed by atoms with E-state index in [1.54, 1.807) is 48.5 Å². The van der Waals surface area contributed by atoms with E-state index in [1.165, 1.54) is 6.08 Å². The summed E-state index contributed by atoms with van der Waals surface area (Å²) in [5.41, 5.74) is 1.41. The van der Waals surface area contributed by atoms with Crippen LogP contribution in [-0.2, 0) is 0 Å². The van der Waals surface area contributed by atoms with Crippen molar-refractivity contribution in [3.05, 3.63) is 71.8 Å². The van der Waals surface area contributed by atoms with Gasteiger partial charge >= 0.3 is 0 Å². The summed E-state index contributed by atoms with van der Waals surface area (Å²) in [7, 11) is 0. The van der Waals surface area contributed by atoms with E-state index in [9.17, 15) is 9.18 Å². The van der Waals surface area contributed by atoms with Crippen LogP contribution in [0.1, 0.15) is 29.8 Å². The molecule has 0 aliphatic carbocycles. The van der Waals surface area contributed by atoms with Gasteiger partial charge in [0.15, 0.2) is 0 Å². The zero-order chi connectivity index (χ0) is 15.2. The number of hydrogen-bond acceptors (Lipinski definition) is 1. The Hall–Kier alpha value is -2.42. The molecule has 0 saturated heterocycles. The second-order valence-corrected chi connectivity index (χ2v) is 5.12. The molecule has 0 aromatic heterocycles. The molecule has 1 amide bonds. The summed E-state index contributed by atoms with van der Waals surface area (Å²) in [5, 5.41) is 2.76. The van der Waals surface area contributed by atoms with E-state index < -0.39 is 0 Å². The third-order valence-corrected chi connectivity index (χ3v) is 2.95. The molecule has 0 saturated carbocycles. The number of anilines is 1. The van der Waals surface area contributed by atoms with E-state index in [0.29, 0.717) is 16.8 Å². The average Bonchev–Trinajstić information content (AvgIpc) is 2.48. The zero-order valence-corrected chi connectivity index (χ0v) is 12.1. The molecule has 0 radical (unpaired) electrons. The van der Waals surface area contributed by atoms with Crippen molar-refractivity contribution in [3.63, 3.8) is 0 Å². The maximum Gasteiger partial charge on any atom is 0.255 e. The number of amides is 1. The van der Waals surface area contributed by atoms with Crippen LogP contribution in [0.25, 0.3) is 5.83 Å². The van der Waals surface area contributed by atoms with Gasteiger partial charge in [-0.3, -0.25) is 4.79 Å². The summed E-state index contributed by atoms with van der Waals surface area (Å²) in [4.78, 5) is 12.2. The first kappa shape index (κ1) is 15.0. The van der Waals surface area contributed by atoms with Crippen LogP contribution in [-0.4, -0.2) is 5.91 Å². The molecule has 0 aliphatic rings. The number of carbonyl (C=O) groups is 1. The largest absolute Gasteiger partial charge is 0.321 e. The van der Waals surface area contributed by atoms with Crippen molar-refractivity contribution in [3.8, 4) is 0 Å². The highest BCUT2D eigenvalue weighted by Crippen LogP contribution is 2.26. The van der Waals surface area contributed by atoms with E-state index in [-0.39, 0.29) is 17.7 Å². The number of carbonyl (C=O) groups excluding carboxylic acids is 1. The molecule has 2 nitrogen and oxygen atoms in total. The van der Waals surface area contributed by atoms with E-state index in [2.05, 4.69) is 5.32 Å². The van der Waals surface area contributed by atoms with Gasteiger partial charge in [0.25, 0.3) is 5.91 Å². The van der Waals surface area contributed by atoms with Gasteiger partial charge in [-0.05, 0) is 36.3 Å².